The van der Waals surface area contributed by atoms with Gasteiger partial charge < -0.3 is 25.2 Å². The van der Waals surface area contributed by atoms with Crippen LogP contribution in [0.5, 0.6) is 0 Å². The molecule has 5 rings (SSSR count). The molecule has 2 amide bonds. The quantitative estimate of drug-likeness (QED) is 0.217. The van der Waals surface area contributed by atoms with Gasteiger partial charge in [0.15, 0.2) is 0 Å². The van der Waals surface area contributed by atoms with Crippen molar-refractivity contribution in [2.24, 2.45) is 0 Å². The number of carboxylic acid groups (broad SMARTS) is 1. The second kappa shape index (κ2) is 12.7. The van der Waals surface area contributed by atoms with Gasteiger partial charge in [-0.25, -0.2) is 14.0 Å². The molecule has 0 spiro atoms. The van der Waals surface area contributed by atoms with Gasteiger partial charge in [0.05, 0.1) is 18.4 Å². The average molecular weight is 569 g/mol. The van der Waals surface area contributed by atoms with Crippen LogP contribution in [0, 0.1) is 5.82 Å². The molecule has 0 saturated heterocycles. The van der Waals surface area contributed by atoms with Crippen molar-refractivity contribution in [3.63, 3.8) is 0 Å². The number of benzene rings is 4. The van der Waals surface area contributed by atoms with Gasteiger partial charge in [0.1, 0.15) is 24.0 Å². The van der Waals surface area contributed by atoms with Crippen LogP contribution in [0.25, 0.3) is 11.1 Å². The maximum atomic E-state index is 14.2. The van der Waals surface area contributed by atoms with Crippen LogP contribution >= 0.6 is 0 Å². The van der Waals surface area contributed by atoms with Crippen LogP contribution in [0.15, 0.2) is 97.1 Å². The number of halogens is 1. The highest BCUT2D eigenvalue weighted by Gasteiger charge is 2.32. The van der Waals surface area contributed by atoms with Crippen molar-refractivity contribution in [2.75, 3.05) is 11.9 Å². The molecule has 0 saturated carbocycles. The van der Waals surface area contributed by atoms with Gasteiger partial charge in [-0.2, -0.15) is 0 Å². The zero-order valence-electron chi connectivity index (χ0n) is 22.8. The van der Waals surface area contributed by atoms with Crippen LogP contribution in [0.4, 0.5) is 14.9 Å². The van der Waals surface area contributed by atoms with E-state index in [0.29, 0.717) is 0 Å². The van der Waals surface area contributed by atoms with Gasteiger partial charge in [0.25, 0.3) is 0 Å². The highest BCUT2D eigenvalue weighted by Crippen LogP contribution is 2.44. The molecule has 4 aromatic rings. The third-order valence-corrected chi connectivity index (χ3v) is 7.21. The Morgan fingerprint density at radius 1 is 0.857 bits per heavy atom. The summed E-state index contributed by atoms with van der Waals surface area (Å²) < 4.78 is 25.8. The highest BCUT2D eigenvalue weighted by molar-refractivity contribution is 6.03. The molecule has 1 aliphatic carbocycles. The SMILES string of the molecule is C[C@H](OCc1ccccc1)[C@@H](NC(=O)OCC1c2ccccc2-c2ccccc21)C(=O)Nc1cccc(F)c1C(=O)O. The first kappa shape index (κ1) is 28.5. The molecule has 0 aliphatic heterocycles. The number of anilines is 1. The molecule has 0 radical (unpaired) electrons. The minimum Gasteiger partial charge on any atom is -0.478 e. The Bertz CT molecular complexity index is 1560. The first-order valence-corrected chi connectivity index (χ1v) is 13.4. The Morgan fingerprint density at radius 3 is 2.12 bits per heavy atom. The number of rotatable bonds is 10. The molecule has 0 bridgehead atoms. The van der Waals surface area contributed by atoms with Gasteiger partial charge in [-0.05, 0) is 46.9 Å². The van der Waals surface area contributed by atoms with Crippen molar-refractivity contribution >= 4 is 23.7 Å². The number of hydrogen-bond acceptors (Lipinski definition) is 5. The van der Waals surface area contributed by atoms with Crippen molar-refractivity contribution < 1.29 is 33.4 Å². The van der Waals surface area contributed by atoms with Gasteiger partial charge in [0.2, 0.25) is 5.91 Å². The van der Waals surface area contributed by atoms with Crippen molar-refractivity contribution in [1.29, 1.82) is 0 Å². The standard InChI is InChI=1S/C33H29FN2O6/c1-20(41-18-21-10-3-2-4-11-21)30(31(37)35-28-17-9-16-27(34)29(28)32(38)39)36-33(40)42-19-26-24-14-7-5-12-22(24)23-13-6-8-15-25(23)26/h2-17,20,26,30H,18-19H2,1H3,(H,35,37)(H,36,40)(H,38,39)/t20-,30+/m0/s1. The molecule has 214 valence electrons. The smallest absolute Gasteiger partial charge is 0.407 e. The van der Waals surface area contributed by atoms with Gasteiger partial charge in [-0.3, -0.25) is 4.79 Å². The van der Waals surface area contributed by atoms with Crippen molar-refractivity contribution in [1.82, 2.24) is 5.32 Å². The molecule has 9 heteroatoms. The molecule has 8 nitrogen and oxygen atoms in total. The van der Waals surface area contributed by atoms with Crippen LogP contribution in [-0.2, 0) is 20.9 Å². The highest BCUT2D eigenvalue weighted by atomic mass is 19.1. The van der Waals surface area contributed by atoms with Crippen molar-refractivity contribution in [2.45, 2.75) is 31.6 Å². The third-order valence-electron chi connectivity index (χ3n) is 7.21. The van der Waals surface area contributed by atoms with Gasteiger partial charge in [-0.1, -0.05) is 84.9 Å². The number of ether oxygens (including phenoxy) is 2. The Balaban J connectivity index is 1.32. The lowest BCUT2D eigenvalue weighted by Crippen LogP contribution is -2.51. The maximum absolute atomic E-state index is 14.2. The fourth-order valence-electron chi connectivity index (χ4n) is 5.12. The second-order valence-corrected chi connectivity index (χ2v) is 9.91. The molecule has 1 aliphatic rings. The van der Waals surface area contributed by atoms with Crippen molar-refractivity contribution in [3.8, 4) is 11.1 Å². The first-order chi connectivity index (χ1) is 20.3. The molecule has 42 heavy (non-hydrogen) atoms. The Labute approximate surface area is 242 Å². The monoisotopic (exact) mass is 568 g/mol. The summed E-state index contributed by atoms with van der Waals surface area (Å²) in [6, 6.07) is 27.3. The number of aromatic carboxylic acids is 1. The molecule has 0 heterocycles. The lowest BCUT2D eigenvalue weighted by atomic mass is 9.98. The fourth-order valence-corrected chi connectivity index (χ4v) is 5.12. The van der Waals surface area contributed by atoms with Gasteiger partial charge >= 0.3 is 12.1 Å². The van der Waals surface area contributed by atoms with E-state index in [1.165, 1.54) is 12.1 Å². The zero-order valence-corrected chi connectivity index (χ0v) is 22.8. The van der Waals surface area contributed by atoms with E-state index in [1.807, 2.05) is 78.9 Å². The van der Waals surface area contributed by atoms with E-state index in [2.05, 4.69) is 10.6 Å². The van der Waals surface area contributed by atoms with Crippen LogP contribution in [0.1, 0.15) is 39.9 Å². The summed E-state index contributed by atoms with van der Waals surface area (Å²) in [5.74, 6) is -3.53. The number of hydrogen-bond donors (Lipinski definition) is 3. The van der Waals surface area contributed by atoms with Crippen LogP contribution < -0.4 is 10.6 Å². The zero-order chi connectivity index (χ0) is 29.6. The summed E-state index contributed by atoms with van der Waals surface area (Å²) in [7, 11) is 0. The number of amides is 2. The summed E-state index contributed by atoms with van der Waals surface area (Å²) in [5.41, 5.74) is 4.13. The molecule has 0 aromatic heterocycles. The minimum atomic E-state index is -1.54. The van der Waals surface area contributed by atoms with Crippen LogP contribution in [-0.4, -0.2) is 41.8 Å². The number of carboxylic acids is 1. The lowest BCUT2D eigenvalue weighted by molar-refractivity contribution is -0.121. The minimum absolute atomic E-state index is 0.0283. The normalized spacial score (nSPS) is 13.4. The second-order valence-electron chi connectivity index (χ2n) is 9.91. The van der Waals surface area contributed by atoms with E-state index in [1.54, 1.807) is 6.92 Å². The van der Waals surface area contributed by atoms with E-state index >= 15 is 0 Å². The van der Waals surface area contributed by atoms with Crippen molar-refractivity contribution in [3.05, 3.63) is 125 Å². The lowest BCUT2D eigenvalue weighted by Gasteiger charge is -2.25. The van der Waals surface area contributed by atoms with E-state index in [4.69, 9.17) is 9.47 Å². The van der Waals surface area contributed by atoms with E-state index in [-0.39, 0.29) is 24.8 Å². The van der Waals surface area contributed by atoms with Gasteiger partial charge in [0, 0.05) is 5.92 Å². The van der Waals surface area contributed by atoms with Crippen LogP contribution in [0.2, 0.25) is 0 Å². The molecule has 0 fully saturated rings. The number of nitrogens with one attached hydrogen (secondary N) is 2. The van der Waals surface area contributed by atoms with E-state index in [9.17, 15) is 23.9 Å². The third kappa shape index (κ3) is 6.16. The summed E-state index contributed by atoms with van der Waals surface area (Å²) in [4.78, 5) is 38.1. The molecular weight excluding hydrogens is 539 g/mol. The topological polar surface area (TPSA) is 114 Å². The number of fused-ring (bicyclic) bond motifs is 3. The molecule has 2 atom stereocenters. The first-order valence-electron chi connectivity index (χ1n) is 13.4. The maximum Gasteiger partial charge on any atom is 0.407 e. The largest absolute Gasteiger partial charge is 0.478 e. The molecular formula is C33H29FN2O6. The number of carbonyl (C=O) groups excluding carboxylic acids is 2. The summed E-state index contributed by atoms with van der Waals surface area (Å²) in [6.45, 7) is 1.78. The fraction of sp³-hybridized carbons (Fsp3) is 0.182. The average Bonchev–Trinajstić information content (AvgIpc) is 3.31. The summed E-state index contributed by atoms with van der Waals surface area (Å²) in [5, 5.41) is 14.5. The summed E-state index contributed by atoms with van der Waals surface area (Å²) in [6.07, 6.45) is -1.72. The summed E-state index contributed by atoms with van der Waals surface area (Å²) >= 11 is 0. The predicted octanol–water partition coefficient (Wildman–Crippen LogP) is 5.98. The Kier molecular flexibility index (Phi) is 8.59. The van der Waals surface area contributed by atoms with Gasteiger partial charge in [-0.15, -0.1) is 0 Å². The number of carbonyl (C=O) groups is 3. The number of alkyl carbamates (subject to hydrolysis) is 1. The molecule has 0 unspecified atom stereocenters. The predicted molar refractivity (Wildman–Crippen MR) is 155 cm³/mol. The molecule has 3 N–H and O–H groups in total. The van der Waals surface area contributed by atoms with E-state index < -0.39 is 41.5 Å². The van der Waals surface area contributed by atoms with E-state index in [0.717, 1.165) is 33.9 Å². The molecule has 4 aromatic carbocycles. The van der Waals surface area contributed by atoms with Crippen LogP contribution in [0.3, 0.4) is 0 Å². The Hall–Kier alpha value is -5.02. The Morgan fingerprint density at radius 2 is 1.48 bits per heavy atom.